The molecule has 0 radical (unpaired) electrons. The smallest absolute Gasteiger partial charge is 0.161 e. The van der Waals surface area contributed by atoms with Gasteiger partial charge in [0, 0.05) is 21.4 Å². The molecule has 0 unspecified atom stereocenters. The molecule has 0 amide bonds. The highest BCUT2D eigenvalue weighted by atomic mass is 35.5. The van der Waals surface area contributed by atoms with E-state index in [-0.39, 0.29) is 0 Å². The minimum absolute atomic E-state index is 0.609. The molecule has 152 valence electrons. The van der Waals surface area contributed by atoms with Crippen LogP contribution in [0, 0.1) is 13.8 Å². The van der Waals surface area contributed by atoms with Crippen molar-refractivity contribution in [2.24, 2.45) is 0 Å². The molecule has 0 saturated carbocycles. The molecule has 4 aromatic rings. The van der Waals surface area contributed by atoms with Crippen molar-refractivity contribution in [1.29, 1.82) is 0 Å². The first-order valence-electron chi connectivity index (χ1n) is 9.53. The van der Waals surface area contributed by atoms with Crippen LogP contribution in [0.3, 0.4) is 0 Å². The third-order valence-electron chi connectivity index (χ3n) is 5.17. The van der Waals surface area contributed by atoms with E-state index in [1.807, 2.05) is 36.4 Å². The van der Waals surface area contributed by atoms with Gasteiger partial charge >= 0.3 is 0 Å². The number of aryl methyl sites for hydroxylation is 2. The number of fused-ring (bicyclic) bond motifs is 1. The van der Waals surface area contributed by atoms with Gasteiger partial charge in [-0.3, -0.25) is 0 Å². The SMILES string of the molecule is COc1ccc(-c2nnc(Nc3cc(Cl)ccc3OC)c3cc(C)c(C)cc23)cc1. The van der Waals surface area contributed by atoms with Gasteiger partial charge in [0.2, 0.25) is 0 Å². The standard InChI is InChI=1S/C24H22ClN3O2/c1-14-11-19-20(12-15(14)2)24(26-21-13-17(25)7-10-22(21)30-4)28-27-23(19)16-5-8-18(29-3)9-6-16/h5-13H,1-4H3,(H,26,28). The van der Waals surface area contributed by atoms with E-state index in [9.17, 15) is 0 Å². The van der Waals surface area contributed by atoms with Crippen LogP contribution in [0.2, 0.25) is 5.02 Å². The Kier molecular flexibility index (Phi) is 5.46. The number of methoxy groups -OCH3 is 2. The van der Waals surface area contributed by atoms with E-state index < -0.39 is 0 Å². The topological polar surface area (TPSA) is 56.3 Å². The molecule has 1 aromatic heterocycles. The second kappa shape index (κ2) is 8.20. The Morgan fingerprint density at radius 3 is 2.17 bits per heavy atom. The number of anilines is 2. The Hall–Kier alpha value is -3.31. The Morgan fingerprint density at radius 2 is 1.50 bits per heavy atom. The molecule has 0 aliphatic carbocycles. The fourth-order valence-corrected chi connectivity index (χ4v) is 3.55. The molecule has 1 N–H and O–H groups in total. The zero-order valence-electron chi connectivity index (χ0n) is 17.3. The lowest BCUT2D eigenvalue weighted by atomic mass is 9.99. The number of rotatable bonds is 5. The molecular weight excluding hydrogens is 398 g/mol. The van der Waals surface area contributed by atoms with Crippen LogP contribution >= 0.6 is 11.6 Å². The summed E-state index contributed by atoms with van der Waals surface area (Å²) in [6.45, 7) is 4.19. The number of ether oxygens (including phenoxy) is 2. The first-order chi connectivity index (χ1) is 14.5. The van der Waals surface area contributed by atoms with Gasteiger partial charge in [-0.2, -0.15) is 0 Å². The summed E-state index contributed by atoms with van der Waals surface area (Å²) in [6.07, 6.45) is 0. The van der Waals surface area contributed by atoms with Gasteiger partial charge in [-0.05, 0) is 79.6 Å². The molecule has 4 rings (SSSR count). The minimum Gasteiger partial charge on any atom is -0.497 e. The van der Waals surface area contributed by atoms with Crippen LogP contribution in [0.15, 0.2) is 54.6 Å². The largest absolute Gasteiger partial charge is 0.497 e. The first-order valence-corrected chi connectivity index (χ1v) is 9.90. The molecule has 0 spiro atoms. The first kappa shape index (κ1) is 20.0. The van der Waals surface area contributed by atoms with E-state index in [1.54, 1.807) is 20.3 Å². The monoisotopic (exact) mass is 419 g/mol. The van der Waals surface area contributed by atoms with Crippen LogP contribution in [-0.4, -0.2) is 24.4 Å². The van der Waals surface area contributed by atoms with Gasteiger partial charge in [-0.15, -0.1) is 10.2 Å². The molecule has 0 fully saturated rings. The summed E-state index contributed by atoms with van der Waals surface area (Å²) >= 11 is 6.19. The Balaban J connectivity index is 1.88. The van der Waals surface area contributed by atoms with E-state index in [0.29, 0.717) is 16.6 Å². The highest BCUT2D eigenvalue weighted by Crippen LogP contribution is 2.36. The van der Waals surface area contributed by atoms with Crippen molar-refractivity contribution < 1.29 is 9.47 Å². The number of benzene rings is 3. The van der Waals surface area contributed by atoms with Crippen molar-refractivity contribution in [3.8, 4) is 22.8 Å². The van der Waals surface area contributed by atoms with Gasteiger partial charge in [0.05, 0.1) is 19.9 Å². The lowest BCUT2D eigenvalue weighted by Gasteiger charge is -2.15. The van der Waals surface area contributed by atoms with Gasteiger partial charge in [-0.1, -0.05) is 11.6 Å². The molecule has 5 nitrogen and oxygen atoms in total. The van der Waals surface area contributed by atoms with Crippen LogP contribution in [0.4, 0.5) is 11.5 Å². The fourth-order valence-electron chi connectivity index (χ4n) is 3.38. The maximum atomic E-state index is 6.19. The number of aromatic nitrogens is 2. The van der Waals surface area contributed by atoms with Crippen LogP contribution in [0.1, 0.15) is 11.1 Å². The summed E-state index contributed by atoms with van der Waals surface area (Å²) in [4.78, 5) is 0. The van der Waals surface area contributed by atoms with E-state index in [0.717, 1.165) is 33.5 Å². The van der Waals surface area contributed by atoms with E-state index in [4.69, 9.17) is 21.1 Å². The van der Waals surface area contributed by atoms with Gasteiger partial charge in [0.15, 0.2) is 5.82 Å². The lowest BCUT2D eigenvalue weighted by molar-refractivity contribution is 0.415. The van der Waals surface area contributed by atoms with Crippen molar-refractivity contribution in [3.05, 3.63) is 70.7 Å². The van der Waals surface area contributed by atoms with Crippen molar-refractivity contribution in [1.82, 2.24) is 10.2 Å². The van der Waals surface area contributed by atoms with Crippen molar-refractivity contribution in [2.45, 2.75) is 13.8 Å². The second-order valence-electron chi connectivity index (χ2n) is 7.08. The van der Waals surface area contributed by atoms with Gasteiger partial charge in [0.1, 0.15) is 17.2 Å². The molecule has 0 aliphatic heterocycles. The number of hydrogen-bond acceptors (Lipinski definition) is 5. The Bertz CT molecular complexity index is 1220. The zero-order valence-corrected chi connectivity index (χ0v) is 18.0. The molecule has 6 heteroatoms. The van der Waals surface area contributed by atoms with Gasteiger partial charge < -0.3 is 14.8 Å². The molecule has 1 heterocycles. The lowest BCUT2D eigenvalue weighted by Crippen LogP contribution is -2.01. The van der Waals surface area contributed by atoms with E-state index in [1.165, 1.54) is 11.1 Å². The summed E-state index contributed by atoms with van der Waals surface area (Å²) in [6, 6.07) is 17.5. The maximum absolute atomic E-state index is 6.19. The average molecular weight is 420 g/mol. The zero-order chi connectivity index (χ0) is 21.3. The second-order valence-corrected chi connectivity index (χ2v) is 7.51. The molecular formula is C24H22ClN3O2. The summed E-state index contributed by atoms with van der Waals surface area (Å²) in [5.74, 6) is 2.12. The molecule has 0 atom stereocenters. The third kappa shape index (κ3) is 3.76. The molecule has 30 heavy (non-hydrogen) atoms. The highest BCUT2D eigenvalue weighted by Gasteiger charge is 2.15. The Labute approximate surface area is 180 Å². The number of hydrogen-bond donors (Lipinski definition) is 1. The Morgan fingerprint density at radius 1 is 0.800 bits per heavy atom. The molecule has 0 bridgehead atoms. The predicted molar refractivity (Wildman–Crippen MR) is 122 cm³/mol. The highest BCUT2D eigenvalue weighted by molar-refractivity contribution is 6.31. The summed E-state index contributed by atoms with van der Waals surface area (Å²) in [5.41, 5.74) is 4.90. The maximum Gasteiger partial charge on any atom is 0.161 e. The summed E-state index contributed by atoms with van der Waals surface area (Å²) < 4.78 is 10.7. The number of nitrogens with zero attached hydrogens (tertiary/aromatic N) is 2. The molecule has 3 aromatic carbocycles. The average Bonchev–Trinajstić information content (AvgIpc) is 2.75. The van der Waals surface area contributed by atoms with Gasteiger partial charge in [-0.25, -0.2) is 0 Å². The third-order valence-corrected chi connectivity index (χ3v) is 5.41. The summed E-state index contributed by atoms with van der Waals surface area (Å²) in [5, 5.41) is 15.0. The normalized spacial score (nSPS) is 10.8. The van der Waals surface area contributed by atoms with Crippen molar-refractivity contribution in [2.75, 3.05) is 19.5 Å². The molecule has 0 saturated heterocycles. The quantitative estimate of drug-likeness (QED) is 0.409. The van der Waals surface area contributed by atoms with Crippen LogP contribution in [0.25, 0.3) is 22.0 Å². The number of nitrogens with one attached hydrogen (secondary N) is 1. The van der Waals surface area contributed by atoms with Crippen LogP contribution in [0.5, 0.6) is 11.5 Å². The van der Waals surface area contributed by atoms with E-state index in [2.05, 4.69) is 41.5 Å². The van der Waals surface area contributed by atoms with E-state index >= 15 is 0 Å². The fraction of sp³-hybridized carbons (Fsp3) is 0.167. The van der Waals surface area contributed by atoms with Crippen molar-refractivity contribution >= 4 is 33.9 Å². The summed E-state index contributed by atoms with van der Waals surface area (Å²) in [7, 11) is 3.28. The van der Waals surface area contributed by atoms with Gasteiger partial charge in [0.25, 0.3) is 0 Å². The van der Waals surface area contributed by atoms with Crippen LogP contribution < -0.4 is 14.8 Å². The van der Waals surface area contributed by atoms with Crippen LogP contribution in [-0.2, 0) is 0 Å². The van der Waals surface area contributed by atoms with Crippen molar-refractivity contribution in [3.63, 3.8) is 0 Å². The minimum atomic E-state index is 0.609. The molecule has 0 aliphatic rings. The predicted octanol–water partition coefficient (Wildman–Crippen LogP) is 6.33. The number of halogens is 1.